The number of rotatable bonds is 3. The molecule has 0 bridgehead atoms. The molecule has 0 aliphatic carbocycles. The fourth-order valence-electron chi connectivity index (χ4n) is 1.87. The summed E-state index contributed by atoms with van der Waals surface area (Å²) in [6, 6.07) is 9.31. The molecule has 2 aromatic rings. The van der Waals surface area contributed by atoms with Crippen LogP contribution in [0.2, 0.25) is 0 Å². The predicted octanol–water partition coefficient (Wildman–Crippen LogP) is 3.01. The first-order valence-corrected chi connectivity index (χ1v) is 5.32. The quantitative estimate of drug-likeness (QED) is 0.885. The van der Waals surface area contributed by atoms with E-state index in [2.05, 4.69) is 0 Å². The topological polar surface area (TPSA) is 42.2 Å². The van der Waals surface area contributed by atoms with Crippen LogP contribution in [0.25, 0.3) is 11.3 Å². The highest BCUT2D eigenvalue weighted by Gasteiger charge is 2.13. The molecule has 3 nitrogen and oxygen atoms in total. The maximum absolute atomic E-state index is 12.8. The lowest BCUT2D eigenvalue weighted by Gasteiger charge is -2.08. The Bertz CT molecular complexity index is 543. The Morgan fingerprint density at radius 2 is 1.88 bits per heavy atom. The van der Waals surface area contributed by atoms with E-state index in [1.807, 2.05) is 6.92 Å². The SMILES string of the molecule is CCn1c(C(=O)O)ccc1-c1ccc(F)cc1. The number of benzene rings is 1. The number of carbonyl (C=O) groups is 1. The van der Waals surface area contributed by atoms with E-state index in [9.17, 15) is 9.18 Å². The van der Waals surface area contributed by atoms with Crippen molar-refractivity contribution in [3.63, 3.8) is 0 Å². The van der Waals surface area contributed by atoms with Gasteiger partial charge in [-0.05, 0) is 48.9 Å². The Labute approximate surface area is 98.1 Å². The number of halogens is 1. The Morgan fingerprint density at radius 1 is 1.24 bits per heavy atom. The minimum Gasteiger partial charge on any atom is -0.477 e. The second-order valence-corrected chi connectivity index (χ2v) is 3.66. The van der Waals surface area contributed by atoms with Crippen molar-refractivity contribution in [1.82, 2.24) is 4.57 Å². The number of carboxylic acids is 1. The van der Waals surface area contributed by atoms with Crippen LogP contribution in [0, 0.1) is 5.82 Å². The van der Waals surface area contributed by atoms with Crippen molar-refractivity contribution in [3.8, 4) is 11.3 Å². The van der Waals surface area contributed by atoms with Gasteiger partial charge in [0, 0.05) is 12.2 Å². The summed E-state index contributed by atoms with van der Waals surface area (Å²) < 4.78 is 14.5. The third kappa shape index (κ3) is 2.06. The van der Waals surface area contributed by atoms with Gasteiger partial charge < -0.3 is 9.67 Å². The summed E-state index contributed by atoms with van der Waals surface area (Å²) >= 11 is 0. The van der Waals surface area contributed by atoms with Crippen molar-refractivity contribution >= 4 is 5.97 Å². The van der Waals surface area contributed by atoms with E-state index in [0.29, 0.717) is 6.54 Å². The first-order valence-electron chi connectivity index (χ1n) is 5.32. The molecule has 2 rings (SSSR count). The molecule has 17 heavy (non-hydrogen) atoms. The average molecular weight is 233 g/mol. The predicted molar refractivity (Wildman–Crippen MR) is 62.5 cm³/mol. The molecule has 0 amide bonds. The van der Waals surface area contributed by atoms with Gasteiger partial charge in [0.2, 0.25) is 0 Å². The number of hydrogen-bond acceptors (Lipinski definition) is 1. The molecule has 1 aromatic carbocycles. The molecule has 0 unspecified atom stereocenters. The minimum atomic E-state index is -0.958. The number of aromatic carboxylic acids is 1. The van der Waals surface area contributed by atoms with Crippen molar-refractivity contribution < 1.29 is 14.3 Å². The van der Waals surface area contributed by atoms with Gasteiger partial charge in [0.1, 0.15) is 11.5 Å². The highest BCUT2D eigenvalue weighted by atomic mass is 19.1. The summed E-state index contributed by atoms with van der Waals surface area (Å²) in [5, 5.41) is 9.02. The zero-order valence-electron chi connectivity index (χ0n) is 9.35. The smallest absolute Gasteiger partial charge is 0.352 e. The molecule has 1 heterocycles. The first-order chi connectivity index (χ1) is 8.13. The van der Waals surface area contributed by atoms with Gasteiger partial charge in [0.25, 0.3) is 0 Å². The van der Waals surface area contributed by atoms with Gasteiger partial charge in [-0.3, -0.25) is 0 Å². The molecular weight excluding hydrogens is 221 g/mol. The van der Waals surface area contributed by atoms with E-state index in [-0.39, 0.29) is 11.5 Å². The molecule has 0 fully saturated rings. The van der Waals surface area contributed by atoms with Crippen molar-refractivity contribution in [2.75, 3.05) is 0 Å². The molecule has 4 heteroatoms. The molecule has 1 aromatic heterocycles. The van der Waals surface area contributed by atoms with E-state index in [0.717, 1.165) is 11.3 Å². The summed E-state index contributed by atoms with van der Waals surface area (Å²) in [5.41, 5.74) is 1.83. The number of nitrogens with zero attached hydrogens (tertiary/aromatic N) is 1. The van der Waals surface area contributed by atoms with Crippen molar-refractivity contribution in [2.24, 2.45) is 0 Å². The molecule has 0 radical (unpaired) electrons. The number of aromatic nitrogens is 1. The normalized spacial score (nSPS) is 10.5. The number of hydrogen-bond donors (Lipinski definition) is 1. The molecule has 0 aliphatic rings. The van der Waals surface area contributed by atoms with Crippen LogP contribution in [0.4, 0.5) is 4.39 Å². The largest absolute Gasteiger partial charge is 0.477 e. The lowest BCUT2D eigenvalue weighted by atomic mass is 10.1. The maximum atomic E-state index is 12.8. The first kappa shape index (κ1) is 11.4. The van der Waals surface area contributed by atoms with Gasteiger partial charge in [-0.15, -0.1) is 0 Å². The van der Waals surface area contributed by atoms with Crippen molar-refractivity contribution in [2.45, 2.75) is 13.5 Å². The lowest BCUT2D eigenvalue weighted by molar-refractivity contribution is 0.0685. The average Bonchev–Trinajstić information content (AvgIpc) is 2.73. The Kier molecular flexibility index (Phi) is 2.95. The van der Waals surface area contributed by atoms with Crippen LogP contribution in [0.3, 0.4) is 0 Å². The lowest BCUT2D eigenvalue weighted by Crippen LogP contribution is -2.08. The minimum absolute atomic E-state index is 0.242. The molecule has 88 valence electrons. The Morgan fingerprint density at radius 3 is 2.41 bits per heavy atom. The summed E-state index contributed by atoms with van der Waals surface area (Å²) in [5.74, 6) is -1.26. The summed E-state index contributed by atoms with van der Waals surface area (Å²) in [6.45, 7) is 2.43. The fourth-order valence-corrected chi connectivity index (χ4v) is 1.87. The van der Waals surface area contributed by atoms with Gasteiger partial charge in [0.15, 0.2) is 0 Å². The highest BCUT2D eigenvalue weighted by Crippen LogP contribution is 2.23. The zero-order valence-corrected chi connectivity index (χ0v) is 9.35. The van der Waals surface area contributed by atoms with Gasteiger partial charge in [-0.1, -0.05) is 0 Å². The zero-order chi connectivity index (χ0) is 12.4. The van der Waals surface area contributed by atoms with Crippen LogP contribution in [-0.4, -0.2) is 15.6 Å². The van der Waals surface area contributed by atoms with Gasteiger partial charge in [-0.25, -0.2) is 9.18 Å². The standard InChI is InChI=1S/C13H12FNO2/c1-2-15-11(7-8-12(15)13(16)17)9-3-5-10(14)6-4-9/h3-8H,2H2,1H3,(H,16,17). The summed E-state index contributed by atoms with van der Waals surface area (Å²) in [7, 11) is 0. The van der Waals surface area contributed by atoms with Crippen molar-refractivity contribution in [3.05, 3.63) is 47.9 Å². The monoisotopic (exact) mass is 233 g/mol. The van der Waals surface area contributed by atoms with Crippen LogP contribution >= 0.6 is 0 Å². The van der Waals surface area contributed by atoms with Gasteiger partial charge in [-0.2, -0.15) is 0 Å². The third-order valence-corrected chi connectivity index (χ3v) is 2.66. The van der Waals surface area contributed by atoms with E-state index >= 15 is 0 Å². The van der Waals surface area contributed by atoms with Crippen LogP contribution in [0.5, 0.6) is 0 Å². The summed E-state index contributed by atoms with van der Waals surface area (Å²) in [4.78, 5) is 11.0. The highest BCUT2D eigenvalue weighted by molar-refractivity contribution is 5.87. The molecule has 0 saturated carbocycles. The Hall–Kier alpha value is -2.10. The van der Waals surface area contributed by atoms with Crippen LogP contribution < -0.4 is 0 Å². The van der Waals surface area contributed by atoms with Crippen molar-refractivity contribution in [1.29, 1.82) is 0 Å². The molecule has 0 aliphatic heterocycles. The third-order valence-electron chi connectivity index (χ3n) is 2.66. The van der Waals surface area contributed by atoms with Crippen LogP contribution in [0.1, 0.15) is 17.4 Å². The number of carboxylic acid groups (broad SMARTS) is 1. The van der Waals surface area contributed by atoms with Crippen LogP contribution in [-0.2, 0) is 6.54 Å². The van der Waals surface area contributed by atoms with E-state index < -0.39 is 5.97 Å². The molecular formula is C13H12FNO2. The van der Waals surface area contributed by atoms with E-state index in [1.165, 1.54) is 12.1 Å². The van der Waals surface area contributed by atoms with E-state index in [1.54, 1.807) is 28.8 Å². The maximum Gasteiger partial charge on any atom is 0.352 e. The molecule has 1 N–H and O–H groups in total. The second kappa shape index (κ2) is 4.41. The van der Waals surface area contributed by atoms with Gasteiger partial charge in [0.05, 0.1) is 0 Å². The Balaban J connectivity index is 2.52. The fraction of sp³-hybridized carbons (Fsp3) is 0.154. The molecule has 0 atom stereocenters. The van der Waals surface area contributed by atoms with Crippen LogP contribution in [0.15, 0.2) is 36.4 Å². The molecule has 0 spiro atoms. The molecule has 0 saturated heterocycles. The summed E-state index contributed by atoms with van der Waals surface area (Å²) in [6.07, 6.45) is 0. The van der Waals surface area contributed by atoms with E-state index in [4.69, 9.17) is 5.11 Å². The van der Waals surface area contributed by atoms with Gasteiger partial charge >= 0.3 is 5.97 Å². The second-order valence-electron chi connectivity index (χ2n) is 3.66.